The summed E-state index contributed by atoms with van der Waals surface area (Å²) in [6.07, 6.45) is 11.9. The highest BCUT2D eigenvalue weighted by Gasteiger charge is 2.56. The Balaban J connectivity index is 0.000000411. The molecule has 0 radical (unpaired) electrons. The average Bonchev–Trinajstić information content (AvgIpc) is 3.14. The molecule has 0 spiro atoms. The molecule has 280 valence electrons. The van der Waals surface area contributed by atoms with Crippen LogP contribution in [0.15, 0.2) is 60.9 Å². The number of likely N-dealkylation sites (tertiary alicyclic amines) is 2. The first-order valence-corrected chi connectivity index (χ1v) is 20.1. The number of carbonyl (C=O) groups is 3. The Hall–Kier alpha value is -3.75. The smallest absolute Gasteiger partial charge is 0.327 e. The van der Waals surface area contributed by atoms with Gasteiger partial charge < -0.3 is 20.6 Å². The second-order valence-electron chi connectivity index (χ2n) is 13.5. The van der Waals surface area contributed by atoms with Gasteiger partial charge in [0.05, 0.1) is 11.7 Å². The summed E-state index contributed by atoms with van der Waals surface area (Å²) in [5.74, 6) is -1.77. The molecule has 2 aromatic rings. The minimum absolute atomic E-state index is 0.00994. The number of guanidine groups is 1. The number of sulfonamides is 1. The molecule has 4 N–H and O–H groups in total. The van der Waals surface area contributed by atoms with Crippen molar-refractivity contribution in [1.29, 1.82) is 5.41 Å². The van der Waals surface area contributed by atoms with Crippen LogP contribution < -0.4 is 10.3 Å². The maximum Gasteiger partial charge on any atom is 0.327 e. The van der Waals surface area contributed by atoms with Gasteiger partial charge in [-0.1, -0.05) is 42.8 Å². The fraction of sp³-hybridized carbons (Fsp3) is 0.583. The number of β-lactam (4-membered cyclic amide) rings is 1. The highest BCUT2D eigenvalue weighted by Crippen LogP contribution is 2.36. The molecule has 3 fully saturated rings. The number of nitrogens with zero attached hydrogens (tertiary/aromatic N) is 5. The van der Waals surface area contributed by atoms with E-state index in [1.165, 1.54) is 34.0 Å². The maximum atomic E-state index is 13.1. The number of halogens is 1. The van der Waals surface area contributed by atoms with Crippen molar-refractivity contribution in [1.82, 2.24) is 19.0 Å². The average molecular weight is 747 g/mol. The number of aliphatic carboxylic acids is 1. The number of unbranched alkanes of at least 4 members (excludes halogenated alkanes) is 3. The number of nitrogens with one attached hydrogen (secondary N) is 1. The van der Waals surface area contributed by atoms with E-state index in [0.29, 0.717) is 25.9 Å². The van der Waals surface area contributed by atoms with Crippen molar-refractivity contribution in [2.75, 3.05) is 50.9 Å². The van der Waals surface area contributed by atoms with Gasteiger partial charge in [0.1, 0.15) is 6.54 Å². The van der Waals surface area contributed by atoms with Crippen molar-refractivity contribution in [3.63, 3.8) is 0 Å². The van der Waals surface area contributed by atoms with Crippen LogP contribution in [0.1, 0.15) is 56.9 Å². The molecule has 5 rings (SSSR count). The van der Waals surface area contributed by atoms with Crippen molar-refractivity contribution in [2.24, 2.45) is 17.6 Å². The second kappa shape index (κ2) is 19.7. The molecule has 3 aliphatic rings. The number of hydrogen-bond acceptors (Lipinski definition) is 6. The predicted molar refractivity (Wildman–Crippen MR) is 196 cm³/mol. The second-order valence-corrected chi connectivity index (χ2v) is 15.9. The minimum atomic E-state index is -3.49. The van der Waals surface area contributed by atoms with E-state index < -0.39 is 39.9 Å². The molecule has 3 atom stereocenters. The van der Waals surface area contributed by atoms with Crippen molar-refractivity contribution in [3.05, 3.63) is 66.5 Å². The van der Waals surface area contributed by atoms with Crippen LogP contribution >= 0.6 is 11.6 Å². The van der Waals surface area contributed by atoms with Gasteiger partial charge in [0.25, 0.3) is 0 Å². The molecule has 1 aromatic heterocycles. The number of nitrogens with two attached hydrogens (primary N) is 1. The number of piperidine rings is 1. The monoisotopic (exact) mass is 746 g/mol. The molecule has 4 heterocycles. The molecule has 13 nitrogen and oxygen atoms in total. The third-order valence-corrected chi connectivity index (χ3v) is 12.0. The first-order valence-electron chi connectivity index (χ1n) is 18.0. The molecule has 2 unspecified atom stereocenters. The van der Waals surface area contributed by atoms with Gasteiger partial charge in [-0.25, -0.2) is 27.5 Å². The summed E-state index contributed by atoms with van der Waals surface area (Å²) in [5, 5.41) is 17.5. The van der Waals surface area contributed by atoms with Crippen LogP contribution in [0.5, 0.6) is 0 Å². The number of amides is 3. The maximum absolute atomic E-state index is 13.1. The summed E-state index contributed by atoms with van der Waals surface area (Å²) < 4.78 is 29.0. The number of pyridine rings is 1. The number of imide groups is 1. The molecular weight excluding hydrogens is 694 g/mol. The van der Waals surface area contributed by atoms with Gasteiger partial charge in [0, 0.05) is 63.7 Å². The van der Waals surface area contributed by atoms with Gasteiger partial charge in [0.15, 0.2) is 24.4 Å². The fourth-order valence-corrected chi connectivity index (χ4v) is 8.69. The predicted octanol–water partition coefficient (Wildman–Crippen LogP) is 3.37. The van der Waals surface area contributed by atoms with Gasteiger partial charge >= 0.3 is 12.0 Å². The van der Waals surface area contributed by atoms with Crippen LogP contribution in [0, 0.1) is 17.2 Å². The number of aromatic nitrogens is 1. The molecule has 3 saturated heterocycles. The number of urea groups is 1. The van der Waals surface area contributed by atoms with Crippen molar-refractivity contribution < 1.29 is 32.5 Å². The largest absolute Gasteiger partial charge is 0.480 e. The van der Waals surface area contributed by atoms with Crippen LogP contribution in [0.4, 0.5) is 4.79 Å². The zero-order chi connectivity index (χ0) is 36.8. The van der Waals surface area contributed by atoms with Gasteiger partial charge in [-0.15, -0.1) is 11.6 Å². The van der Waals surface area contributed by atoms with Crippen LogP contribution in [-0.4, -0.2) is 113 Å². The minimum Gasteiger partial charge on any atom is -0.480 e. The third kappa shape index (κ3) is 11.6. The quantitative estimate of drug-likeness (QED) is 0.0660. The Labute approximate surface area is 306 Å². The standard InChI is InChI=1S/C25H37N7O6S.C11H15Cl/c26-24(27)30-11-6-7-19(18-30)17-20-21(23(34)35)32(22(20)33)25(36)29-12-14-31(15-13-29)39(37,38)16-5-4-10-28-8-2-1-3-9-28;12-10-6-2-5-9-11-7-3-1-4-8-11/h1-3,8-9,19-21H,4-7,10-18H2,(H3-,26,27,34,35);1,3-4,7-8H,2,5-6,9-10H2/p+1/t19?,20-,21?;/m1./s1. The molecule has 0 saturated carbocycles. The lowest BCUT2D eigenvalue weighted by molar-refractivity contribution is -0.697. The Bertz CT molecular complexity index is 1540. The van der Waals surface area contributed by atoms with E-state index in [9.17, 15) is 27.9 Å². The number of carbonyl (C=O) groups excluding carboxylic acids is 2. The summed E-state index contributed by atoms with van der Waals surface area (Å²) in [5.41, 5.74) is 7.03. The number of benzene rings is 1. The Morgan fingerprint density at radius 1 is 0.922 bits per heavy atom. The number of aryl methyl sites for hydroxylation is 2. The van der Waals surface area contributed by atoms with Gasteiger partial charge in [-0.2, -0.15) is 4.31 Å². The SMILES string of the molecule is ClCCCCCc1ccccc1.N=C(N)N1CCCC(C[C@H]2C(=O)N(C(=O)N3CCN(S(=O)(=O)CCCC[n+]4ccccc4)CC3)C2C(=O)O)C1. The van der Waals surface area contributed by atoms with Crippen molar-refractivity contribution >= 4 is 45.5 Å². The molecule has 15 heteroatoms. The van der Waals surface area contributed by atoms with Crippen LogP contribution in [0.2, 0.25) is 0 Å². The lowest BCUT2D eigenvalue weighted by Gasteiger charge is -2.47. The Morgan fingerprint density at radius 3 is 2.25 bits per heavy atom. The topological polar surface area (TPSA) is 172 Å². The molecular formula is C36H53ClN7O6S+. The molecule has 0 bridgehead atoms. The van der Waals surface area contributed by atoms with E-state index in [1.54, 1.807) is 4.90 Å². The van der Waals surface area contributed by atoms with E-state index in [0.717, 1.165) is 43.0 Å². The van der Waals surface area contributed by atoms with E-state index in [1.807, 2.05) is 35.2 Å². The van der Waals surface area contributed by atoms with E-state index >= 15 is 0 Å². The van der Waals surface area contributed by atoms with Crippen LogP contribution in [-0.2, 0) is 32.6 Å². The first kappa shape index (κ1) is 40.0. The summed E-state index contributed by atoms with van der Waals surface area (Å²) in [4.78, 5) is 42.0. The zero-order valence-corrected chi connectivity index (χ0v) is 30.9. The highest BCUT2D eigenvalue weighted by molar-refractivity contribution is 7.89. The number of piperazine rings is 1. The molecule has 3 aliphatic heterocycles. The lowest BCUT2D eigenvalue weighted by Crippen LogP contribution is -2.70. The van der Waals surface area contributed by atoms with E-state index in [2.05, 4.69) is 30.3 Å². The van der Waals surface area contributed by atoms with Gasteiger partial charge in [-0.05, 0) is 56.4 Å². The Kier molecular flexibility index (Phi) is 15.5. The number of carboxylic acids is 1. The molecule has 1 aromatic carbocycles. The summed E-state index contributed by atoms with van der Waals surface area (Å²) in [7, 11) is -3.49. The summed E-state index contributed by atoms with van der Waals surface area (Å²) >= 11 is 5.58. The Morgan fingerprint density at radius 2 is 1.61 bits per heavy atom. The van der Waals surface area contributed by atoms with Crippen molar-refractivity contribution in [2.45, 2.75) is 70.4 Å². The summed E-state index contributed by atoms with van der Waals surface area (Å²) in [6.45, 7) is 2.27. The first-order chi connectivity index (χ1) is 24.5. The zero-order valence-electron chi connectivity index (χ0n) is 29.3. The number of alkyl halides is 1. The highest BCUT2D eigenvalue weighted by atomic mass is 35.5. The van der Waals surface area contributed by atoms with E-state index in [-0.39, 0.29) is 43.8 Å². The van der Waals surface area contributed by atoms with E-state index in [4.69, 9.17) is 22.7 Å². The van der Waals surface area contributed by atoms with Crippen LogP contribution in [0.3, 0.4) is 0 Å². The summed E-state index contributed by atoms with van der Waals surface area (Å²) in [6, 6.07) is 14.4. The number of hydrogen-bond donors (Lipinski definition) is 3. The molecule has 0 aliphatic carbocycles. The molecule has 51 heavy (non-hydrogen) atoms. The third-order valence-electron chi connectivity index (χ3n) is 9.81. The fourth-order valence-electron chi connectivity index (χ4n) is 6.96. The molecule has 3 amide bonds. The lowest BCUT2D eigenvalue weighted by atomic mass is 9.78. The van der Waals surface area contributed by atoms with Crippen LogP contribution in [0.25, 0.3) is 0 Å². The van der Waals surface area contributed by atoms with Gasteiger partial charge in [0.2, 0.25) is 15.9 Å². The normalized spacial score (nSPS) is 21.0. The van der Waals surface area contributed by atoms with Gasteiger partial charge in [-0.3, -0.25) is 10.2 Å². The number of rotatable bonds is 14. The number of carboxylic acid groups (broad SMARTS) is 1. The van der Waals surface area contributed by atoms with Crippen molar-refractivity contribution in [3.8, 4) is 0 Å².